The Morgan fingerprint density at radius 2 is 1.72 bits per heavy atom. The number of halogens is 1. The minimum absolute atomic E-state index is 0.0416. The van der Waals surface area contributed by atoms with E-state index in [9.17, 15) is 18.8 Å². The maximum Gasteiger partial charge on any atom is 0.329 e. The number of amides is 2. The number of nitrogens with zero attached hydrogens (tertiary/aromatic N) is 1. The molecule has 0 spiro atoms. The highest BCUT2D eigenvalue weighted by molar-refractivity contribution is 5.96. The number of carbonyl (C=O) groups excluding carboxylic acids is 3. The Bertz CT molecular complexity index is 897. The van der Waals surface area contributed by atoms with Gasteiger partial charge in [0.1, 0.15) is 11.9 Å². The number of likely N-dealkylation sites (tertiary alicyclic amines) is 1. The van der Waals surface area contributed by atoms with E-state index in [1.165, 1.54) is 44.4 Å². The number of rotatable bonds is 5. The van der Waals surface area contributed by atoms with Crippen molar-refractivity contribution in [2.24, 2.45) is 23.2 Å². The Hall–Kier alpha value is -2.44. The van der Waals surface area contributed by atoms with Crippen molar-refractivity contribution in [3.8, 4) is 0 Å². The summed E-state index contributed by atoms with van der Waals surface area (Å²) in [5.74, 6) is 0.389. The summed E-state index contributed by atoms with van der Waals surface area (Å²) in [4.78, 5) is 40.8. The van der Waals surface area contributed by atoms with Gasteiger partial charge in [-0.2, -0.15) is 0 Å². The lowest BCUT2D eigenvalue weighted by molar-refractivity contribution is -0.168. The molecule has 1 aromatic rings. The normalized spacial score (nSPS) is 33.8. The topological polar surface area (TPSA) is 75.7 Å². The van der Waals surface area contributed by atoms with Crippen molar-refractivity contribution in [3.05, 3.63) is 30.1 Å². The van der Waals surface area contributed by atoms with Crippen LogP contribution in [0.25, 0.3) is 0 Å². The van der Waals surface area contributed by atoms with Crippen LogP contribution in [0.4, 0.5) is 10.1 Å². The van der Waals surface area contributed by atoms with Gasteiger partial charge in [-0.1, -0.05) is 12.1 Å². The molecule has 32 heavy (non-hydrogen) atoms. The molecule has 2 atom stereocenters. The third-order valence-electron chi connectivity index (χ3n) is 8.07. The minimum Gasteiger partial charge on any atom is -0.451 e. The summed E-state index contributed by atoms with van der Waals surface area (Å²) in [5, 5.41) is 2.46. The van der Waals surface area contributed by atoms with Gasteiger partial charge >= 0.3 is 5.97 Å². The fourth-order valence-electron chi connectivity index (χ4n) is 7.04. The molecule has 6 rings (SSSR count). The van der Waals surface area contributed by atoms with Gasteiger partial charge in [0.15, 0.2) is 6.10 Å². The monoisotopic (exact) mass is 442 g/mol. The molecule has 1 saturated heterocycles. The predicted octanol–water partition coefficient (Wildman–Crippen LogP) is 3.90. The van der Waals surface area contributed by atoms with E-state index >= 15 is 0 Å². The molecule has 1 N–H and O–H groups in total. The number of hydrogen-bond acceptors (Lipinski definition) is 4. The van der Waals surface area contributed by atoms with Gasteiger partial charge in [0, 0.05) is 6.54 Å². The van der Waals surface area contributed by atoms with Crippen LogP contribution in [-0.4, -0.2) is 41.4 Å². The van der Waals surface area contributed by atoms with Crippen molar-refractivity contribution < 1.29 is 23.5 Å². The van der Waals surface area contributed by atoms with Gasteiger partial charge in [0.25, 0.3) is 5.91 Å². The summed E-state index contributed by atoms with van der Waals surface area (Å²) in [7, 11) is 0. The quantitative estimate of drug-likeness (QED) is 0.702. The fraction of sp³-hybridized carbons (Fsp3) is 0.640. The van der Waals surface area contributed by atoms with Crippen LogP contribution in [-0.2, 0) is 19.1 Å². The molecule has 0 unspecified atom stereocenters. The van der Waals surface area contributed by atoms with Gasteiger partial charge in [-0.25, -0.2) is 9.18 Å². The van der Waals surface area contributed by atoms with Crippen LogP contribution in [0.3, 0.4) is 0 Å². The van der Waals surface area contributed by atoms with Crippen molar-refractivity contribution in [2.75, 3.05) is 11.9 Å². The van der Waals surface area contributed by atoms with E-state index in [0.717, 1.165) is 25.7 Å². The summed E-state index contributed by atoms with van der Waals surface area (Å²) in [5.41, 5.74) is -0.259. The molecule has 6 nitrogen and oxygen atoms in total. The number of benzene rings is 1. The molecule has 4 aliphatic carbocycles. The molecule has 1 aliphatic heterocycles. The van der Waals surface area contributed by atoms with Gasteiger partial charge in [-0.15, -0.1) is 0 Å². The number of anilines is 1. The van der Waals surface area contributed by atoms with Gasteiger partial charge in [0.05, 0.1) is 11.1 Å². The highest BCUT2D eigenvalue weighted by atomic mass is 19.1. The van der Waals surface area contributed by atoms with Crippen LogP contribution in [0, 0.1) is 29.0 Å². The minimum atomic E-state index is -1.08. The van der Waals surface area contributed by atoms with E-state index in [4.69, 9.17) is 4.74 Å². The summed E-state index contributed by atoms with van der Waals surface area (Å²) in [6, 6.07) is 5.20. The van der Waals surface area contributed by atoms with Crippen molar-refractivity contribution in [3.63, 3.8) is 0 Å². The molecule has 1 heterocycles. The predicted molar refractivity (Wildman–Crippen MR) is 116 cm³/mol. The van der Waals surface area contributed by atoms with Crippen molar-refractivity contribution in [2.45, 2.75) is 70.4 Å². The van der Waals surface area contributed by atoms with E-state index in [2.05, 4.69) is 5.32 Å². The van der Waals surface area contributed by atoms with Crippen molar-refractivity contribution in [1.29, 1.82) is 0 Å². The zero-order chi connectivity index (χ0) is 22.5. The molecule has 7 heteroatoms. The average molecular weight is 443 g/mol. The smallest absolute Gasteiger partial charge is 0.329 e. The Balaban J connectivity index is 1.23. The fourth-order valence-corrected chi connectivity index (χ4v) is 7.04. The second-order valence-corrected chi connectivity index (χ2v) is 10.4. The summed E-state index contributed by atoms with van der Waals surface area (Å²) in [6.07, 6.45) is 6.87. The molecule has 2 amide bonds. The maximum absolute atomic E-state index is 13.8. The van der Waals surface area contributed by atoms with Crippen LogP contribution in [0.15, 0.2) is 24.3 Å². The number of hydrogen-bond donors (Lipinski definition) is 1. The molecule has 0 radical (unpaired) electrons. The van der Waals surface area contributed by atoms with Crippen molar-refractivity contribution in [1.82, 2.24) is 4.90 Å². The molecule has 0 aromatic heterocycles. The van der Waals surface area contributed by atoms with Crippen LogP contribution in [0.5, 0.6) is 0 Å². The second-order valence-electron chi connectivity index (χ2n) is 10.4. The highest BCUT2D eigenvalue weighted by Crippen LogP contribution is 2.60. The third kappa shape index (κ3) is 3.80. The molecular weight excluding hydrogens is 411 g/mol. The lowest BCUT2D eigenvalue weighted by Crippen LogP contribution is -2.56. The van der Waals surface area contributed by atoms with E-state index in [-0.39, 0.29) is 17.0 Å². The Morgan fingerprint density at radius 3 is 2.34 bits per heavy atom. The third-order valence-corrected chi connectivity index (χ3v) is 8.07. The maximum atomic E-state index is 13.8. The van der Waals surface area contributed by atoms with Gasteiger partial charge in [0.2, 0.25) is 5.91 Å². The SMILES string of the molecule is C[C@H](OC(=O)[C@@H]1CCCN1C(=O)C12CC3CC(CC(C3)C1)C2)C(=O)Nc1ccccc1F. The summed E-state index contributed by atoms with van der Waals surface area (Å²) < 4.78 is 19.2. The Labute approximate surface area is 187 Å². The van der Waals surface area contributed by atoms with Gasteiger partial charge < -0.3 is 15.0 Å². The second kappa shape index (κ2) is 8.16. The zero-order valence-electron chi connectivity index (χ0n) is 18.5. The Morgan fingerprint density at radius 1 is 1.09 bits per heavy atom. The first kappa shape index (κ1) is 21.4. The number of carbonyl (C=O) groups is 3. The number of esters is 1. The van der Waals surface area contributed by atoms with E-state index in [1.807, 2.05) is 0 Å². The molecule has 5 aliphatic rings. The lowest BCUT2D eigenvalue weighted by Gasteiger charge is -2.56. The highest BCUT2D eigenvalue weighted by Gasteiger charge is 2.57. The van der Waals surface area contributed by atoms with E-state index in [1.54, 1.807) is 11.0 Å². The molecular formula is C25H31FN2O4. The first-order valence-electron chi connectivity index (χ1n) is 11.9. The average Bonchev–Trinajstić information content (AvgIpc) is 3.23. The van der Waals surface area contributed by atoms with E-state index < -0.39 is 29.8 Å². The lowest BCUT2D eigenvalue weighted by atomic mass is 9.49. The first-order valence-corrected chi connectivity index (χ1v) is 11.9. The number of nitrogens with one attached hydrogen (secondary N) is 1. The number of para-hydroxylation sites is 1. The molecule has 1 aromatic carbocycles. The van der Waals surface area contributed by atoms with Crippen LogP contribution < -0.4 is 5.32 Å². The first-order chi connectivity index (χ1) is 15.3. The molecule has 172 valence electrons. The zero-order valence-corrected chi connectivity index (χ0v) is 18.5. The molecule has 4 saturated carbocycles. The van der Waals surface area contributed by atoms with E-state index in [0.29, 0.717) is 30.7 Å². The molecule has 5 fully saturated rings. The van der Waals surface area contributed by atoms with Gasteiger partial charge in [-0.05, 0) is 88.2 Å². The van der Waals surface area contributed by atoms with Gasteiger partial charge in [-0.3, -0.25) is 9.59 Å². The standard InChI is InChI=1S/C25H31FN2O4/c1-15(22(29)27-20-6-3-2-5-19(20)26)32-23(30)21-7-4-8-28(21)24(31)25-12-16-9-17(13-25)11-18(10-16)14-25/h2-3,5-6,15-18,21H,4,7-14H2,1H3,(H,27,29)/t15-,16?,17?,18?,21-,25?/m0/s1. The summed E-state index contributed by atoms with van der Waals surface area (Å²) >= 11 is 0. The molecule has 4 bridgehead atoms. The summed E-state index contributed by atoms with van der Waals surface area (Å²) in [6.45, 7) is 2.03. The van der Waals surface area contributed by atoms with Crippen LogP contribution in [0.1, 0.15) is 58.3 Å². The number of ether oxygens (including phenoxy) is 1. The largest absolute Gasteiger partial charge is 0.451 e. The van der Waals surface area contributed by atoms with Crippen LogP contribution in [0.2, 0.25) is 0 Å². The van der Waals surface area contributed by atoms with Crippen molar-refractivity contribution >= 4 is 23.5 Å². The Kier molecular flexibility index (Phi) is 5.46. The van der Waals surface area contributed by atoms with Crippen LogP contribution >= 0.6 is 0 Å².